The maximum absolute atomic E-state index is 11.5. The van der Waals surface area contributed by atoms with Crippen LogP contribution in [0.25, 0.3) is 33.7 Å². The Kier molecular flexibility index (Phi) is 7.49. The molecule has 0 heterocycles. The molecule has 5 nitrogen and oxygen atoms in total. The van der Waals surface area contributed by atoms with Gasteiger partial charge in [-0.3, -0.25) is 9.69 Å². The van der Waals surface area contributed by atoms with E-state index < -0.39 is 0 Å². The van der Waals surface area contributed by atoms with Crippen molar-refractivity contribution < 1.29 is 20.1 Å². The summed E-state index contributed by atoms with van der Waals surface area (Å²) in [5, 5.41) is 32.6. The zero-order valence-corrected chi connectivity index (χ0v) is 16.4. The highest BCUT2D eigenvalue weighted by atomic mass is 16.3. The largest absolute Gasteiger partial charge is 0.395 e. The van der Waals surface area contributed by atoms with Crippen LogP contribution in [-0.2, 0) is 4.79 Å². The first-order chi connectivity index (χ1) is 14.2. The van der Waals surface area contributed by atoms with Crippen LogP contribution in [0.2, 0.25) is 0 Å². The zero-order valence-electron chi connectivity index (χ0n) is 16.4. The lowest BCUT2D eigenvalue weighted by Crippen LogP contribution is -2.32. The second kappa shape index (κ2) is 10.3. The third-order valence-corrected chi connectivity index (χ3v) is 5.04. The molecule has 0 saturated carbocycles. The Morgan fingerprint density at radius 1 is 0.759 bits per heavy atom. The molecule has 3 N–H and O–H groups in total. The number of aliphatic hydroxyl groups is 3. The molecule has 3 aromatic carbocycles. The highest BCUT2D eigenvalue weighted by Crippen LogP contribution is 2.23. The van der Waals surface area contributed by atoms with E-state index in [2.05, 4.69) is 48.5 Å². The van der Waals surface area contributed by atoms with Gasteiger partial charge in [-0.15, -0.1) is 0 Å². The maximum atomic E-state index is 11.5. The van der Waals surface area contributed by atoms with Gasteiger partial charge in [0.1, 0.15) is 0 Å². The number of benzene rings is 3. The van der Waals surface area contributed by atoms with Crippen LogP contribution < -0.4 is 10.4 Å². The van der Waals surface area contributed by atoms with Crippen molar-refractivity contribution in [1.29, 1.82) is 0 Å². The molecule has 0 saturated heterocycles. The van der Waals surface area contributed by atoms with E-state index in [1.54, 1.807) is 11.0 Å². The van der Waals surface area contributed by atoms with E-state index >= 15 is 0 Å². The quantitative estimate of drug-likeness (QED) is 0.540. The first-order valence-corrected chi connectivity index (χ1v) is 9.87. The molecule has 3 aromatic rings. The fraction of sp³-hybridized carbons (Fsp3) is 0.292. The molecule has 1 aliphatic carbocycles. The van der Waals surface area contributed by atoms with Crippen LogP contribution in [-0.4, -0.2) is 65.5 Å². The predicted molar refractivity (Wildman–Crippen MR) is 117 cm³/mol. The van der Waals surface area contributed by atoms with Crippen molar-refractivity contribution in [3.8, 4) is 0 Å². The Morgan fingerprint density at radius 3 is 2.10 bits per heavy atom. The van der Waals surface area contributed by atoms with Gasteiger partial charge < -0.3 is 15.3 Å². The molecule has 0 unspecified atom stereocenters. The summed E-state index contributed by atoms with van der Waals surface area (Å²) >= 11 is 0. The van der Waals surface area contributed by atoms with Gasteiger partial charge in [-0.25, -0.2) is 0 Å². The van der Waals surface area contributed by atoms with Crippen LogP contribution in [0.15, 0.2) is 48.5 Å². The Morgan fingerprint density at radius 2 is 1.41 bits per heavy atom. The lowest BCUT2D eigenvalue weighted by atomic mass is 9.98. The molecule has 1 aliphatic rings. The van der Waals surface area contributed by atoms with E-state index in [9.17, 15) is 4.79 Å². The van der Waals surface area contributed by atoms with Gasteiger partial charge in [-0.2, -0.15) is 0 Å². The van der Waals surface area contributed by atoms with Crippen molar-refractivity contribution in [1.82, 2.24) is 4.90 Å². The van der Waals surface area contributed by atoms with Crippen LogP contribution in [0.4, 0.5) is 0 Å². The molecule has 29 heavy (non-hydrogen) atoms. The van der Waals surface area contributed by atoms with Crippen LogP contribution in [0, 0.1) is 0 Å². The molecule has 0 amide bonds. The number of rotatable bonds is 6. The first-order valence-electron chi connectivity index (χ1n) is 9.87. The fourth-order valence-electron chi connectivity index (χ4n) is 3.59. The third kappa shape index (κ3) is 5.28. The van der Waals surface area contributed by atoms with Crippen LogP contribution in [0.3, 0.4) is 0 Å². The first kappa shape index (κ1) is 21.1. The lowest BCUT2D eigenvalue weighted by molar-refractivity contribution is -0.112. The normalized spacial score (nSPS) is 12.9. The molecule has 0 aliphatic heterocycles. The van der Waals surface area contributed by atoms with Gasteiger partial charge in [0.15, 0.2) is 5.78 Å². The summed E-state index contributed by atoms with van der Waals surface area (Å²) in [5.74, 6) is 0.188. The summed E-state index contributed by atoms with van der Waals surface area (Å²) < 4.78 is 0. The van der Waals surface area contributed by atoms with Crippen molar-refractivity contribution in [2.75, 3.05) is 39.5 Å². The van der Waals surface area contributed by atoms with E-state index in [4.69, 9.17) is 15.3 Å². The highest BCUT2D eigenvalue weighted by molar-refractivity contribution is 6.11. The van der Waals surface area contributed by atoms with E-state index in [-0.39, 0.29) is 25.6 Å². The molecule has 152 valence electrons. The Labute approximate surface area is 169 Å². The highest BCUT2D eigenvalue weighted by Gasteiger charge is 2.05. The molecule has 0 atom stereocenters. The average Bonchev–Trinajstić information content (AvgIpc) is 2.73. The van der Waals surface area contributed by atoms with Crippen molar-refractivity contribution in [3.63, 3.8) is 0 Å². The van der Waals surface area contributed by atoms with Crippen LogP contribution in [0.5, 0.6) is 0 Å². The summed E-state index contributed by atoms with van der Waals surface area (Å²) in [6, 6.07) is 17.0. The summed E-state index contributed by atoms with van der Waals surface area (Å²) in [7, 11) is 0. The minimum absolute atomic E-state index is 0.0694. The molecule has 0 fully saturated rings. The number of carbonyl (C=O) groups excluding carboxylic acids is 1. The summed E-state index contributed by atoms with van der Waals surface area (Å²) in [5.41, 5.74) is 0. The Bertz CT molecular complexity index is 1090. The molecule has 0 radical (unpaired) electrons. The minimum atomic E-state index is 0.0694. The van der Waals surface area contributed by atoms with Gasteiger partial charge in [0.2, 0.25) is 0 Å². The van der Waals surface area contributed by atoms with Crippen molar-refractivity contribution in [2.24, 2.45) is 0 Å². The van der Waals surface area contributed by atoms with Gasteiger partial charge >= 0.3 is 0 Å². The van der Waals surface area contributed by atoms with Crippen LogP contribution >= 0.6 is 0 Å². The monoisotopic (exact) mass is 393 g/mol. The van der Waals surface area contributed by atoms with Gasteiger partial charge in [-0.1, -0.05) is 42.5 Å². The topological polar surface area (TPSA) is 81.0 Å². The van der Waals surface area contributed by atoms with E-state index in [0.29, 0.717) is 26.1 Å². The molecule has 5 heteroatoms. The zero-order chi connectivity index (χ0) is 20.6. The summed E-state index contributed by atoms with van der Waals surface area (Å²) in [6.07, 6.45) is 4.30. The number of ketones is 1. The van der Waals surface area contributed by atoms with Crippen molar-refractivity contribution in [3.05, 3.63) is 59.0 Å². The molecular weight excluding hydrogens is 366 g/mol. The third-order valence-electron chi connectivity index (χ3n) is 5.04. The van der Waals surface area contributed by atoms with E-state index in [1.807, 2.05) is 6.08 Å². The maximum Gasteiger partial charge on any atom is 0.160 e. The van der Waals surface area contributed by atoms with Crippen molar-refractivity contribution in [2.45, 2.75) is 6.42 Å². The smallest absolute Gasteiger partial charge is 0.160 e. The number of hydrogen-bond acceptors (Lipinski definition) is 5. The average molecular weight is 393 g/mol. The molecule has 0 spiro atoms. The molecule has 0 aromatic heterocycles. The lowest BCUT2D eigenvalue weighted by Gasteiger charge is -2.17. The second-order valence-corrected chi connectivity index (χ2v) is 7.02. The van der Waals surface area contributed by atoms with E-state index in [1.165, 1.54) is 26.8 Å². The number of carbonyl (C=O) groups is 1. The SMILES string of the molecule is O=C1C=c2cc3ccc4ccccc4c3cc2=CC1.OCCN(CCO)CCO. The van der Waals surface area contributed by atoms with E-state index in [0.717, 1.165) is 5.22 Å². The Balaban J connectivity index is 0.000000207. The molecular formula is C24H27NO4. The number of nitrogens with zero attached hydrogens (tertiary/aromatic N) is 1. The fourth-order valence-corrected chi connectivity index (χ4v) is 3.59. The van der Waals surface area contributed by atoms with Crippen molar-refractivity contribution >= 4 is 39.5 Å². The number of fused-ring (bicyclic) bond motifs is 4. The summed E-state index contributed by atoms with van der Waals surface area (Å²) in [6.45, 7) is 1.75. The minimum Gasteiger partial charge on any atom is -0.395 e. The Hall–Kier alpha value is -2.57. The standard InChI is InChI=1S/C18H12O.C6H15NO3/c19-16-8-7-13-11-18-14(9-15(13)10-16)6-5-12-3-1-2-4-17(12)18;8-4-1-7(2-5-9)3-6-10/h1-7,9-11H,8H2;8-10H,1-6H2. The predicted octanol–water partition coefficient (Wildman–Crippen LogP) is 0.792. The summed E-state index contributed by atoms with van der Waals surface area (Å²) in [4.78, 5) is 13.3. The van der Waals surface area contributed by atoms with Gasteiger partial charge in [0.05, 0.1) is 19.8 Å². The van der Waals surface area contributed by atoms with Crippen LogP contribution in [0.1, 0.15) is 6.42 Å². The van der Waals surface area contributed by atoms with Gasteiger partial charge in [-0.05, 0) is 50.2 Å². The second-order valence-electron chi connectivity index (χ2n) is 7.02. The molecule has 0 bridgehead atoms. The number of hydrogen-bond donors (Lipinski definition) is 3. The molecule has 4 rings (SSSR count). The number of Topliss-reactive ketones (excluding diaryl/α,β-unsaturated/α-hetero) is 1. The van der Waals surface area contributed by atoms with Gasteiger partial charge in [0, 0.05) is 26.1 Å². The number of aliphatic hydroxyl groups excluding tert-OH is 3. The van der Waals surface area contributed by atoms with Gasteiger partial charge in [0.25, 0.3) is 0 Å².